The molecule has 7 nitrogen and oxygen atoms in total. The first kappa shape index (κ1) is 18.7. The molecule has 2 fully saturated rings. The summed E-state index contributed by atoms with van der Waals surface area (Å²) < 4.78 is 23.0. The van der Waals surface area contributed by atoms with Gasteiger partial charge < -0.3 is 15.5 Å². The van der Waals surface area contributed by atoms with Gasteiger partial charge in [0.1, 0.15) is 0 Å². The minimum absolute atomic E-state index is 0.106. The summed E-state index contributed by atoms with van der Waals surface area (Å²) >= 11 is 0. The van der Waals surface area contributed by atoms with Gasteiger partial charge in [-0.25, -0.2) is 13.2 Å². The lowest BCUT2D eigenvalue weighted by Gasteiger charge is -2.39. The summed E-state index contributed by atoms with van der Waals surface area (Å²) in [7, 11) is -3.23. The molecule has 0 radical (unpaired) electrons. The maximum absolute atomic E-state index is 12.5. The van der Waals surface area contributed by atoms with Crippen LogP contribution in [0.2, 0.25) is 0 Å². The fourth-order valence-electron chi connectivity index (χ4n) is 3.65. The van der Waals surface area contributed by atoms with E-state index < -0.39 is 9.84 Å². The third kappa shape index (κ3) is 4.00. The van der Waals surface area contributed by atoms with E-state index in [-0.39, 0.29) is 28.4 Å². The van der Waals surface area contributed by atoms with Gasteiger partial charge in [0.05, 0.1) is 10.9 Å². The zero-order valence-electron chi connectivity index (χ0n) is 15.1. The Balaban J connectivity index is 1.56. The Bertz CT molecular complexity index is 796. The normalized spacial score (nSPS) is 20.7. The lowest BCUT2D eigenvalue weighted by Crippen LogP contribution is -2.54. The first-order valence-electron chi connectivity index (χ1n) is 8.85. The Morgan fingerprint density at radius 2 is 1.81 bits per heavy atom. The Kier molecular flexibility index (Phi) is 4.96. The Morgan fingerprint density at radius 1 is 1.19 bits per heavy atom. The number of nitrogens with zero attached hydrogens (tertiary/aromatic N) is 1. The van der Waals surface area contributed by atoms with E-state index in [0.29, 0.717) is 19.5 Å². The van der Waals surface area contributed by atoms with E-state index in [9.17, 15) is 18.0 Å². The van der Waals surface area contributed by atoms with E-state index in [0.717, 1.165) is 24.8 Å². The first-order chi connectivity index (χ1) is 12.2. The summed E-state index contributed by atoms with van der Waals surface area (Å²) in [4.78, 5) is 26.0. The predicted octanol–water partition coefficient (Wildman–Crippen LogP) is 1.61. The molecule has 1 spiro atoms. The number of sulfone groups is 1. The van der Waals surface area contributed by atoms with Crippen molar-refractivity contribution in [2.45, 2.75) is 49.1 Å². The molecular formula is C18H25N3O4S. The van der Waals surface area contributed by atoms with Crippen LogP contribution in [0.25, 0.3) is 0 Å². The van der Waals surface area contributed by atoms with Crippen LogP contribution in [0.1, 0.15) is 44.2 Å². The fourth-order valence-corrected chi connectivity index (χ4v) is 4.28. The summed E-state index contributed by atoms with van der Waals surface area (Å²) in [6.45, 7) is 3.10. The van der Waals surface area contributed by atoms with E-state index >= 15 is 0 Å². The van der Waals surface area contributed by atoms with Gasteiger partial charge in [0.15, 0.2) is 9.84 Å². The highest BCUT2D eigenvalue weighted by Crippen LogP contribution is 2.31. The molecule has 1 aromatic rings. The zero-order valence-corrected chi connectivity index (χ0v) is 15.9. The van der Waals surface area contributed by atoms with Crippen molar-refractivity contribution in [1.82, 2.24) is 15.5 Å². The van der Waals surface area contributed by atoms with Crippen LogP contribution in [0, 0.1) is 0 Å². The molecule has 142 valence electrons. The number of carbonyl (C=O) groups excluding carboxylic acids is 2. The van der Waals surface area contributed by atoms with Gasteiger partial charge in [0.25, 0.3) is 0 Å². The lowest BCUT2D eigenvalue weighted by molar-refractivity contribution is -0.120. The Morgan fingerprint density at radius 3 is 2.31 bits per heavy atom. The molecule has 1 aromatic carbocycles. The van der Waals surface area contributed by atoms with Crippen molar-refractivity contribution in [3.8, 4) is 0 Å². The SMILES string of the molecule is CC(NC(=O)N1CCC2(CCC(=O)N2)CC1)c1ccc(S(C)(=O)=O)cc1. The number of benzene rings is 1. The second kappa shape index (κ2) is 6.90. The molecule has 3 amide bonds. The first-order valence-corrected chi connectivity index (χ1v) is 10.7. The van der Waals surface area contributed by atoms with Gasteiger partial charge in [-0.15, -0.1) is 0 Å². The van der Waals surface area contributed by atoms with Gasteiger partial charge in [-0.1, -0.05) is 12.1 Å². The van der Waals surface area contributed by atoms with Crippen molar-refractivity contribution >= 4 is 21.8 Å². The van der Waals surface area contributed by atoms with Crippen LogP contribution < -0.4 is 10.6 Å². The molecule has 1 atom stereocenters. The molecule has 2 heterocycles. The van der Waals surface area contributed by atoms with Crippen molar-refractivity contribution in [2.75, 3.05) is 19.3 Å². The van der Waals surface area contributed by atoms with Crippen LogP contribution in [0.5, 0.6) is 0 Å². The number of carbonyl (C=O) groups is 2. The number of nitrogens with one attached hydrogen (secondary N) is 2. The number of hydrogen-bond donors (Lipinski definition) is 2. The maximum atomic E-state index is 12.5. The topological polar surface area (TPSA) is 95.6 Å². The molecule has 2 N–H and O–H groups in total. The monoisotopic (exact) mass is 379 g/mol. The highest BCUT2D eigenvalue weighted by molar-refractivity contribution is 7.90. The molecule has 3 rings (SSSR count). The number of amides is 3. The number of likely N-dealkylation sites (tertiary alicyclic amines) is 1. The highest BCUT2D eigenvalue weighted by Gasteiger charge is 2.41. The molecule has 26 heavy (non-hydrogen) atoms. The van der Waals surface area contributed by atoms with E-state index in [2.05, 4.69) is 10.6 Å². The van der Waals surface area contributed by atoms with E-state index in [1.165, 1.54) is 6.26 Å². The van der Waals surface area contributed by atoms with E-state index in [4.69, 9.17) is 0 Å². The Labute approximate surface area is 154 Å². The standard InChI is InChI=1S/C18H25N3O4S/c1-13(14-3-5-15(6-4-14)26(2,24)25)19-17(23)21-11-9-18(10-12-21)8-7-16(22)20-18/h3-6,13H,7-12H2,1-2H3,(H,19,23)(H,20,22). The average Bonchev–Trinajstić information content (AvgIpc) is 2.95. The lowest BCUT2D eigenvalue weighted by atomic mass is 9.86. The van der Waals surface area contributed by atoms with Crippen LogP contribution >= 0.6 is 0 Å². The largest absolute Gasteiger partial charge is 0.351 e. The van der Waals surface area contributed by atoms with Crippen molar-refractivity contribution in [1.29, 1.82) is 0 Å². The average molecular weight is 379 g/mol. The molecule has 2 aliphatic rings. The van der Waals surface area contributed by atoms with Gasteiger partial charge in [0.2, 0.25) is 5.91 Å². The zero-order chi connectivity index (χ0) is 18.9. The summed E-state index contributed by atoms with van der Waals surface area (Å²) in [5, 5.41) is 6.03. The van der Waals surface area contributed by atoms with Gasteiger partial charge in [0, 0.05) is 31.3 Å². The third-order valence-corrected chi connectivity index (χ3v) is 6.52. The van der Waals surface area contributed by atoms with Gasteiger partial charge in [-0.3, -0.25) is 4.79 Å². The number of piperidine rings is 1. The molecule has 0 aliphatic carbocycles. The molecule has 0 bridgehead atoms. The smallest absolute Gasteiger partial charge is 0.317 e. The number of urea groups is 1. The minimum Gasteiger partial charge on any atom is -0.351 e. The van der Waals surface area contributed by atoms with Crippen LogP contribution in [0.3, 0.4) is 0 Å². The van der Waals surface area contributed by atoms with Gasteiger partial charge in [-0.2, -0.15) is 0 Å². The van der Waals surface area contributed by atoms with Crippen LogP contribution in [0.4, 0.5) is 4.79 Å². The summed E-state index contributed by atoms with van der Waals surface area (Å²) in [6, 6.07) is 6.20. The molecular weight excluding hydrogens is 354 g/mol. The van der Waals surface area contributed by atoms with Crippen LogP contribution in [0.15, 0.2) is 29.2 Å². The molecule has 0 aromatic heterocycles. The quantitative estimate of drug-likeness (QED) is 0.834. The van der Waals surface area contributed by atoms with Gasteiger partial charge >= 0.3 is 6.03 Å². The second-order valence-electron chi connectivity index (χ2n) is 7.33. The molecule has 2 aliphatic heterocycles. The second-order valence-corrected chi connectivity index (χ2v) is 9.34. The highest BCUT2D eigenvalue weighted by atomic mass is 32.2. The van der Waals surface area contributed by atoms with Gasteiger partial charge in [-0.05, 0) is 43.9 Å². The Hall–Kier alpha value is -2.09. The van der Waals surface area contributed by atoms with Crippen molar-refractivity contribution in [3.63, 3.8) is 0 Å². The van der Waals surface area contributed by atoms with Crippen molar-refractivity contribution < 1.29 is 18.0 Å². The molecule has 2 saturated heterocycles. The number of rotatable bonds is 3. The minimum atomic E-state index is -3.23. The predicted molar refractivity (Wildman–Crippen MR) is 97.4 cm³/mol. The van der Waals surface area contributed by atoms with Crippen LogP contribution in [-0.2, 0) is 14.6 Å². The van der Waals surface area contributed by atoms with Crippen LogP contribution in [-0.4, -0.2) is 50.1 Å². The summed E-state index contributed by atoms with van der Waals surface area (Å²) in [5.74, 6) is 0.106. The number of hydrogen-bond acceptors (Lipinski definition) is 4. The molecule has 0 saturated carbocycles. The summed E-state index contributed by atoms with van der Waals surface area (Å²) in [6.07, 6.45) is 4.16. The van der Waals surface area contributed by atoms with E-state index in [1.807, 2.05) is 6.92 Å². The fraction of sp³-hybridized carbons (Fsp3) is 0.556. The third-order valence-electron chi connectivity index (χ3n) is 5.39. The van der Waals surface area contributed by atoms with E-state index in [1.54, 1.807) is 29.2 Å². The van der Waals surface area contributed by atoms with Crippen molar-refractivity contribution in [2.24, 2.45) is 0 Å². The maximum Gasteiger partial charge on any atom is 0.317 e. The summed E-state index contributed by atoms with van der Waals surface area (Å²) in [5.41, 5.74) is 0.725. The molecule has 1 unspecified atom stereocenters. The van der Waals surface area contributed by atoms with Crippen molar-refractivity contribution in [3.05, 3.63) is 29.8 Å². The molecule has 8 heteroatoms.